The molecule has 2 aromatic heterocycles. The lowest BCUT2D eigenvalue weighted by atomic mass is 10.0. The highest BCUT2D eigenvalue weighted by Gasteiger charge is 2.33. The number of aromatic nitrogens is 3. The molecule has 1 atom stereocenters. The SMILES string of the molecule is NC(=O)c1ncn2c(C(=O)N3CCC[C@@H]3c3ccc4c(c3)OCCO4)cc(-c3ccccc3)nc12. The lowest BCUT2D eigenvalue weighted by Gasteiger charge is -2.27. The molecule has 2 aromatic carbocycles. The zero-order chi connectivity index (χ0) is 23.9. The fourth-order valence-electron chi connectivity index (χ4n) is 4.84. The van der Waals surface area contributed by atoms with E-state index >= 15 is 0 Å². The number of hydrogen-bond donors (Lipinski definition) is 1. The van der Waals surface area contributed by atoms with E-state index in [4.69, 9.17) is 15.2 Å². The van der Waals surface area contributed by atoms with Crippen molar-refractivity contribution in [1.82, 2.24) is 19.3 Å². The second-order valence-corrected chi connectivity index (χ2v) is 8.60. The van der Waals surface area contributed by atoms with E-state index < -0.39 is 5.91 Å². The van der Waals surface area contributed by atoms with Crippen LogP contribution in [0.5, 0.6) is 11.5 Å². The van der Waals surface area contributed by atoms with Gasteiger partial charge in [-0.25, -0.2) is 9.97 Å². The van der Waals surface area contributed by atoms with Crippen molar-refractivity contribution < 1.29 is 19.1 Å². The maximum atomic E-state index is 14.0. The van der Waals surface area contributed by atoms with Gasteiger partial charge in [0.25, 0.3) is 11.8 Å². The molecule has 4 heterocycles. The molecule has 2 N–H and O–H groups in total. The van der Waals surface area contributed by atoms with E-state index in [2.05, 4.69) is 9.97 Å². The Bertz CT molecular complexity index is 1450. The molecule has 4 aromatic rings. The summed E-state index contributed by atoms with van der Waals surface area (Å²) in [6, 6.07) is 17.0. The number of amides is 2. The van der Waals surface area contributed by atoms with Crippen LogP contribution in [-0.4, -0.2) is 50.8 Å². The van der Waals surface area contributed by atoms with Crippen LogP contribution in [0, 0.1) is 0 Å². The standard InChI is InChI=1S/C26H23N5O4/c27-24(32)23-25-29-18(16-5-2-1-3-6-16)14-20(31(25)15-28-23)26(33)30-10-4-7-19(30)17-8-9-21-22(13-17)35-12-11-34-21/h1-3,5-6,8-9,13-15,19H,4,7,10-12H2,(H2,27,32)/t19-/m1/s1. The largest absolute Gasteiger partial charge is 0.486 e. The molecule has 2 amide bonds. The van der Waals surface area contributed by atoms with Crippen LogP contribution in [0.25, 0.3) is 16.9 Å². The van der Waals surface area contributed by atoms with Crippen molar-refractivity contribution >= 4 is 17.5 Å². The summed E-state index contributed by atoms with van der Waals surface area (Å²) in [5.74, 6) is 0.558. The molecule has 176 valence electrons. The quantitative estimate of drug-likeness (QED) is 0.491. The van der Waals surface area contributed by atoms with Crippen molar-refractivity contribution in [1.29, 1.82) is 0 Å². The number of carbonyl (C=O) groups excluding carboxylic acids is 2. The second-order valence-electron chi connectivity index (χ2n) is 8.60. The molecule has 0 radical (unpaired) electrons. The Balaban J connectivity index is 1.43. The second kappa shape index (κ2) is 8.43. The Hall–Kier alpha value is -4.40. The first kappa shape index (κ1) is 21.2. The van der Waals surface area contributed by atoms with Crippen molar-refractivity contribution in [3.05, 3.63) is 77.9 Å². The van der Waals surface area contributed by atoms with Crippen LogP contribution in [0.3, 0.4) is 0 Å². The fourth-order valence-corrected chi connectivity index (χ4v) is 4.84. The van der Waals surface area contributed by atoms with Crippen molar-refractivity contribution in [3.8, 4) is 22.8 Å². The monoisotopic (exact) mass is 469 g/mol. The number of carbonyl (C=O) groups is 2. The molecule has 9 heteroatoms. The normalized spacial score (nSPS) is 17.0. The van der Waals surface area contributed by atoms with E-state index in [1.54, 1.807) is 10.5 Å². The van der Waals surface area contributed by atoms with Crippen LogP contribution in [0.4, 0.5) is 0 Å². The average Bonchev–Trinajstić information content (AvgIpc) is 3.56. The van der Waals surface area contributed by atoms with E-state index in [1.807, 2.05) is 53.4 Å². The lowest BCUT2D eigenvalue weighted by Crippen LogP contribution is -2.32. The predicted octanol–water partition coefficient (Wildman–Crippen LogP) is 3.24. The minimum Gasteiger partial charge on any atom is -0.486 e. The first-order valence-electron chi connectivity index (χ1n) is 11.5. The summed E-state index contributed by atoms with van der Waals surface area (Å²) in [5.41, 5.74) is 8.60. The van der Waals surface area contributed by atoms with E-state index in [0.717, 1.165) is 29.7 Å². The Morgan fingerprint density at radius 2 is 1.80 bits per heavy atom. The van der Waals surface area contributed by atoms with Gasteiger partial charge in [0.2, 0.25) is 0 Å². The Kier molecular flexibility index (Phi) is 5.09. The Labute approximate surface area is 201 Å². The maximum absolute atomic E-state index is 14.0. The zero-order valence-electron chi connectivity index (χ0n) is 18.9. The molecule has 9 nitrogen and oxygen atoms in total. The number of fused-ring (bicyclic) bond motifs is 2. The minimum absolute atomic E-state index is 0.0293. The van der Waals surface area contributed by atoms with Crippen LogP contribution in [0.2, 0.25) is 0 Å². The van der Waals surface area contributed by atoms with E-state index in [9.17, 15) is 9.59 Å². The van der Waals surface area contributed by atoms with Gasteiger partial charge in [-0.2, -0.15) is 0 Å². The number of imidazole rings is 1. The van der Waals surface area contributed by atoms with Crippen molar-refractivity contribution in [3.63, 3.8) is 0 Å². The van der Waals surface area contributed by atoms with Gasteiger partial charge in [0, 0.05) is 12.1 Å². The molecule has 0 aliphatic carbocycles. The van der Waals surface area contributed by atoms with Crippen LogP contribution < -0.4 is 15.2 Å². The van der Waals surface area contributed by atoms with E-state index in [0.29, 0.717) is 36.9 Å². The summed E-state index contributed by atoms with van der Waals surface area (Å²) in [6.07, 6.45) is 3.14. The molecule has 1 saturated heterocycles. The molecular weight excluding hydrogens is 446 g/mol. The maximum Gasteiger partial charge on any atom is 0.271 e. The number of likely N-dealkylation sites (tertiary alicyclic amines) is 1. The van der Waals surface area contributed by atoms with Crippen LogP contribution in [0.15, 0.2) is 60.9 Å². The summed E-state index contributed by atoms with van der Waals surface area (Å²) in [5, 5.41) is 0. The highest BCUT2D eigenvalue weighted by Crippen LogP contribution is 2.39. The molecule has 6 rings (SSSR count). The first-order chi connectivity index (χ1) is 17.1. The van der Waals surface area contributed by atoms with Gasteiger partial charge in [-0.1, -0.05) is 36.4 Å². The molecule has 35 heavy (non-hydrogen) atoms. The van der Waals surface area contributed by atoms with Gasteiger partial charge in [-0.05, 0) is 36.6 Å². The number of benzene rings is 2. The fraction of sp³-hybridized carbons (Fsp3) is 0.231. The van der Waals surface area contributed by atoms with E-state index in [1.165, 1.54) is 6.33 Å². The van der Waals surface area contributed by atoms with Gasteiger partial charge in [0.1, 0.15) is 25.2 Å². The summed E-state index contributed by atoms with van der Waals surface area (Å²) in [7, 11) is 0. The summed E-state index contributed by atoms with van der Waals surface area (Å²) in [4.78, 5) is 36.6. The number of ether oxygens (including phenoxy) is 2. The molecule has 1 fully saturated rings. The lowest BCUT2D eigenvalue weighted by molar-refractivity contribution is 0.0727. The zero-order valence-corrected chi connectivity index (χ0v) is 18.9. The highest BCUT2D eigenvalue weighted by molar-refractivity contribution is 5.99. The average molecular weight is 470 g/mol. The molecule has 0 spiro atoms. The molecule has 0 saturated carbocycles. The van der Waals surface area contributed by atoms with Gasteiger partial charge in [-0.3, -0.25) is 14.0 Å². The summed E-state index contributed by atoms with van der Waals surface area (Å²) < 4.78 is 13.0. The van der Waals surface area contributed by atoms with Crippen LogP contribution in [-0.2, 0) is 0 Å². The molecule has 2 aliphatic rings. The van der Waals surface area contributed by atoms with Gasteiger partial charge >= 0.3 is 0 Å². The predicted molar refractivity (Wildman–Crippen MR) is 127 cm³/mol. The number of nitrogens with two attached hydrogens (primary N) is 1. The van der Waals surface area contributed by atoms with Gasteiger partial charge in [0.05, 0.1) is 11.7 Å². The smallest absolute Gasteiger partial charge is 0.271 e. The van der Waals surface area contributed by atoms with Gasteiger partial charge in [-0.15, -0.1) is 0 Å². The highest BCUT2D eigenvalue weighted by atomic mass is 16.6. The van der Waals surface area contributed by atoms with Crippen LogP contribution >= 0.6 is 0 Å². The van der Waals surface area contributed by atoms with Gasteiger partial charge < -0.3 is 20.1 Å². The Morgan fingerprint density at radius 1 is 1.00 bits per heavy atom. The third-order valence-electron chi connectivity index (χ3n) is 6.49. The van der Waals surface area contributed by atoms with E-state index in [-0.39, 0.29) is 23.3 Å². The number of primary amides is 1. The molecular formula is C26H23N5O4. The Morgan fingerprint density at radius 3 is 2.60 bits per heavy atom. The van der Waals surface area contributed by atoms with Crippen LogP contribution in [0.1, 0.15) is 45.4 Å². The molecule has 0 bridgehead atoms. The van der Waals surface area contributed by atoms with Gasteiger partial charge in [0.15, 0.2) is 22.8 Å². The van der Waals surface area contributed by atoms with Crippen molar-refractivity contribution in [2.45, 2.75) is 18.9 Å². The topological polar surface area (TPSA) is 112 Å². The first-order valence-corrected chi connectivity index (χ1v) is 11.5. The molecule has 2 aliphatic heterocycles. The minimum atomic E-state index is -0.695. The number of hydrogen-bond acceptors (Lipinski definition) is 6. The molecule has 0 unspecified atom stereocenters. The van der Waals surface area contributed by atoms with Crippen molar-refractivity contribution in [2.24, 2.45) is 5.73 Å². The summed E-state index contributed by atoms with van der Waals surface area (Å²) in [6.45, 7) is 1.64. The number of rotatable bonds is 4. The van der Waals surface area contributed by atoms with Crippen molar-refractivity contribution in [2.75, 3.05) is 19.8 Å². The third-order valence-corrected chi connectivity index (χ3v) is 6.49. The summed E-state index contributed by atoms with van der Waals surface area (Å²) >= 11 is 0. The third kappa shape index (κ3) is 3.65. The number of nitrogens with zero attached hydrogens (tertiary/aromatic N) is 4.